The second kappa shape index (κ2) is 9.45. The normalized spacial score (nSPS) is 13.8. The molecule has 1 aliphatic heterocycles. The summed E-state index contributed by atoms with van der Waals surface area (Å²) in [5, 5.41) is 14.3. The lowest BCUT2D eigenvalue weighted by Gasteiger charge is -2.36. The summed E-state index contributed by atoms with van der Waals surface area (Å²) in [5.74, 6) is -2.10. The van der Waals surface area contributed by atoms with Crippen LogP contribution in [-0.4, -0.2) is 41.9 Å². The van der Waals surface area contributed by atoms with E-state index in [1.807, 2.05) is 4.90 Å². The zero-order valence-corrected chi connectivity index (χ0v) is 18.0. The van der Waals surface area contributed by atoms with Crippen molar-refractivity contribution in [3.63, 3.8) is 0 Å². The van der Waals surface area contributed by atoms with Crippen molar-refractivity contribution in [2.45, 2.75) is 6.54 Å². The number of anilines is 2. The van der Waals surface area contributed by atoms with Gasteiger partial charge < -0.3 is 19.5 Å². The largest absolute Gasteiger partial charge is 0.467 e. The monoisotopic (exact) mass is 476 g/mol. The van der Waals surface area contributed by atoms with Gasteiger partial charge in [0.2, 0.25) is 0 Å². The summed E-state index contributed by atoms with van der Waals surface area (Å²) < 4.78 is 32.1. The van der Waals surface area contributed by atoms with Gasteiger partial charge in [-0.25, -0.2) is 8.78 Å². The highest BCUT2D eigenvalue weighted by molar-refractivity contribution is 6.33. The summed E-state index contributed by atoms with van der Waals surface area (Å²) >= 11 is 5.93. The second-order valence-corrected chi connectivity index (χ2v) is 7.82. The lowest BCUT2D eigenvalue weighted by atomic mass is 10.1. The van der Waals surface area contributed by atoms with Gasteiger partial charge in [-0.2, -0.15) is 0 Å². The number of hydrogen-bond acceptors (Lipinski definition) is 6. The van der Waals surface area contributed by atoms with Crippen LogP contribution in [0.2, 0.25) is 5.02 Å². The number of halogens is 3. The average molecular weight is 477 g/mol. The van der Waals surface area contributed by atoms with Crippen LogP contribution in [0.3, 0.4) is 0 Å². The van der Waals surface area contributed by atoms with Gasteiger partial charge in [-0.3, -0.25) is 14.9 Å². The number of nitrogens with zero attached hydrogens (tertiary/aromatic N) is 3. The predicted molar refractivity (Wildman–Crippen MR) is 119 cm³/mol. The minimum absolute atomic E-state index is 0.0629. The molecular formula is C22H19ClF2N4O4. The van der Waals surface area contributed by atoms with Crippen LogP contribution in [0.5, 0.6) is 0 Å². The van der Waals surface area contributed by atoms with Gasteiger partial charge in [0.1, 0.15) is 11.4 Å². The van der Waals surface area contributed by atoms with Crippen molar-refractivity contribution in [1.82, 2.24) is 4.90 Å². The first kappa shape index (κ1) is 22.5. The third-order valence-electron chi connectivity index (χ3n) is 5.38. The quantitative estimate of drug-likeness (QED) is 0.315. The zero-order valence-electron chi connectivity index (χ0n) is 17.3. The fourth-order valence-corrected chi connectivity index (χ4v) is 3.87. The molecule has 0 radical (unpaired) electrons. The van der Waals surface area contributed by atoms with Crippen LogP contribution in [-0.2, 0) is 6.54 Å². The number of nitrogens with one attached hydrogen (secondary N) is 1. The third-order valence-corrected chi connectivity index (χ3v) is 5.70. The Labute approximate surface area is 192 Å². The number of carbonyl (C=O) groups is 1. The lowest BCUT2D eigenvalue weighted by molar-refractivity contribution is -0.384. The van der Waals surface area contributed by atoms with Crippen LogP contribution in [0.1, 0.15) is 16.1 Å². The Kier molecular flexibility index (Phi) is 6.45. The number of amides is 1. The molecule has 1 saturated heterocycles. The van der Waals surface area contributed by atoms with Crippen molar-refractivity contribution in [3.05, 3.63) is 86.8 Å². The first-order valence-electron chi connectivity index (χ1n) is 10.1. The predicted octanol–water partition coefficient (Wildman–Crippen LogP) is 4.69. The van der Waals surface area contributed by atoms with Gasteiger partial charge in [-0.05, 0) is 36.4 Å². The fraction of sp³-hybridized carbons (Fsp3) is 0.227. The number of benzene rings is 2. The summed E-state index contributed by atoms with van der Waals surface area (Å²) in [6.07, 6.45) is 1.52. The average Bonchev–Trinajstić information content (AvgIpc) is 3.33. The van der Waals surface area contributed by atoms with Gasteiger partial charge in [0.05, 0.1) is 28.3 Å². The molecule has 11 heteroatoms. The van der Waals surface area contributed by atoms with Crippen molar-refractivity contribution in [3.8, 4) is 0 Å². The molecule has 4 rings (SSSR count). The van der Waals surface area contributed by atoms with E-state index in [0.717, 1.165) is 17.8 Å². The molecule has 1 amide bonds. The summed E-state index contributed by atoms with van der Waals surface area (Å²) in [6, 6.07) is 9.85. The number of nitro groups is 1. The molecule has 1 fully saturated rings. The summed E-state index contributed by atoms with van der Waals surface area (Å²) in [4.78, 5) is 27.2. The van der Waals surface area contributed by atoms with Crippen molar-refractivity contribution in [2.24, 2.45) is 0 Å². The number of piperazine rings is 1. The van der Waals surface area contributed by atoms with E-state index in [-0.39, 0.29) is 22.8 Å². The van der Waals surface area contributed by atoms with Crippen molar-refractivity contribution in [2.75, 3.05) is 36.4 Å². The van der Waals surface area contributed by atoms with Crippen LogP contribution in [0.4, 0.5) is 25.8 Å². The van der Waals surface area contributed by atoms with E-state index in [9.17, 15) is 23.7 Å². The highest BCUT2D eigenvalue weighted by Gasteiger charge is 2.26. The van der Waals surface area contributed by atoms with E-state index in [0.29, 0.717) is 37.6 Å². The molecule has 0 atom stereocenters. The van der Waals surface area contributed by atoms with Crippen LogP contribution in [0.25, 0.3) is 0 Å². The maximum absolute atomic E-state index is 13.6. The second-order valence-electron chi connectivity index (χ2n) is 7.42. The molecule has 1 aromatic heterocycles. The molecule has 1 N–H and O–H groups in total. The van der Waals surface area contributed by atoms with Crippen LogP contribution >= 0.6 is 11.6 Å². The van der Waals surface area contributed by atoms with Crippen LogP contribution in [0.15, 0.2) is 53.1 Å². The van der Waals surface area contributed by atoms with Gasteiger partial charge in [0, 0.05) is 37.9 Å². The van der Waals surface area contributed by atoms with E-state index in [4.69, 9.17) is 16.0 Å². The first-order chi connectivity index (χ1) is 15.8. The van der Waals surface area contributed by atoms with Crippen molar-refractivity contribution < 1.29 is 22.9 Å². The minimum atomic E-state index is -1.14. The van der Waals surface area contributed by atoms with E-state index in [2.05, 4.69) is 5.32 Å². The molecule has 3 aromatic rings. The SMILES string of the molecule is O=C(c1cc(F)c(F)cc1Cl)N1CCN(c2ccc([N+](=O)[O-])c(NCc3ccco3)c2)CC1. The topological polar surface area (TPSA) is 91.9 Å². The molecule has 0 spiro atoms. The smallest absolute Gasteiger partial charge is 0.292 e. The minimum Gasteiger partial charge on any atom is -0.467 e. The maximum atomic E-state index is 13.6. The third kappa shape index (κ3) is 4.90. The number of carbonyl (C=O) groups excluding carboxylic acids is 1. The Morgan fingerprint density at radius 2 is 1.85 bits per heavy atom. The molecule has 33 heavy (non-hydrogen) atoms. The number of rotatable bonds is 6. The Bertz CT molecular complexity index is 1180. The van der Waals surface area contributed by atoms with E-state index in [1.54, 1.807) is 24.3 Å². The molecule has 0 saturated carbocycles. The van der Waals surface area contributed by atoms with Crippen molar-refractivity contribution >= 4 is 34.6 Å². The lowest BCUT2D eigenvalue weighted by Crippen LogP contribution is -2.48. The molecule has 0 aliphatic carbocycles. The van der Waals surface area contributed by atoms with E-state index >= 15 is 0 Å². The number of furan rings is 1. The molecule has 0 unspecified atom stereocenters. The van der Waals surface area contributed by atoms with Gasteiger partial charge in [0.15, 0.2) is 11.6 Å². The molecule has 0 bridgehead atoms. The first-order valence-corrected chi connectivity index (χ1v) is 10.4. The van der Waals surface area contributed by atoms with E-state index in [1.165, 1.54) is 17.2 Å². The Morgan fingerprint density at radius 1 is 1.12 bits per heavy atom. The molecular weight excluding hydrogens is 458 g/mol. The summed E-state index contributed by atoms with van der Waals surface area (Å²) in [7, 11) is 0. The van der Waals surface area contributed by atoms with Gasteiger partial charge in [-0.15, -0.1) is 0 Å². The highest BCUT2D eigenvalue weighted by atomic mass is 35.5. The molecule has 2 heterocycles. The molecule has 8 nitrogen and oxygen atoms in total. The standard InChI is InChI=1S/C22H19ClF2N4O4/c23-17-12-19(25)18(24)11-16(17)22(30)28-7-5-27(6-8-28)14-3-4-21(29(31)32)20(10-14)26-13-15-2-1-9-33-15/h1-4,9-12,26H,5-8,13H2. The molecule has 1 aliphatic rings. The van der Waals surface area contributed by atoms with Gasteiger partial charge in [-0.1, -0.05) is 11.6 Å². The molecule has 2 aromatic carbocycles. The van der Waals surface area contributed by atoms with E-state index < -0.39 is 22.5 Å². The van der Waals surface area contributed by atoms with Gasteiger partial charge in [0.25, 0.3) is 11.6 Å². The highest BCUT2D eigenvalue weighted by Crippen LogP contribution is 2.31. The Hall–Kier alpha value is -3.66. The van der Waals surface area contributed by atoms with Crippen LogP contribution in [0, 0.1) is 21.7 Å². The Balaban J connectivity index is 1.46. The fourth-order valence-electron chi connectivity index (χ4n) is 3.64. The molecule has 172 valence electrons. The Morgan fingerprint density at radius 3 is 2.52 bits per heavy atom. The summed E-state index contributed by atoms with van der Waals surface area (Å²) in [5.41, 5.74) is 0.942. The number of nitro benzene ring substituents is 1. The maximum Gasteiger partial charge on any atom is 0.292 e. The van der Waals surface area contributed by atoms with Crippen LogP contribution < -0.4 is 10.2 Å². The van der Waals surface area contributed by atoms with Crippen molar-refractivity contribution in [1.29, 1.82) is 0 Å². The van der Waals surface area contributed by atoms with Gasteiger partial charge >= 0.3 is 0 Å². The summed E-state index contributed by atoms with van der Waals surface area (Å²) in [6.45, 7) is 1.82. The number of hydrogen-bond donors (Lipinski definition) is 1. The zero-order chi connectivity index (χ0) is 23.5.